The van der Waals surface area contributed by atoms with Gasteiger partial charge in [0.1, 0.15) is 5.82 Å². The van der Waals surface area contributed by atoms with Crippen molar-refractivity contribution >= 4 is 16.6 Å². The predicted molar refractivity (Wildman–Crippen MR) is 79.1 cm³/mol. The topological polar surface area (TPSA) is 88.9 Å². The van der Waals surface area contributed by atoms with Gasteiger partial charge in [0.15, 0.2) is 11.6 Å². The molecule has 0 spiro atoms. The van der Waals surface area contributed by atoms with Gasteiger partial charge in [-0.25, -0.2) is 13.8 Å². The Kier molecular flexibility index (Phi) is 3.36. The SMILES string of the molecule is Cc1ccc(-c2nc3cc(F)c(F)cc3c(=O)[nH]2)cc1[N+](=O)[O-]. The van der Waals surface area contributed by atoms with E-state index in [2.05, 4.69) is 9.97 Å². The van der Waals surface area contributed by atoms with Gasteiger partial charge in [0.2, 0.25) is 0 Å². The second-order valence-corrected chi connectivity index (χ2v) is 4.96. The zero-order valence-electron chi connectivity index (χ0n) is 11.8. The van der Waals surface area contributed by atoms with E-state index in [9.17, 15) is 23.7 Å². The van der Waals surface area contributed by atoms with E-state index in [4.69, 9.17) is 0 Å². The molecule has 1 heterocycles. The number of benzene rings is 2. The van der Waals surface area contributed by atoms with Crippen molar-refractivity contribution in [2.24, 2.45) is 0 Å². The summed E-state index contributed by atoms with van der Waals surface area (Å²) in [5.41, 5.74) is -0.0745. The molecule has 0 fully saturated rings. The fraction of sp³-hybridized carbons (Fsp3) is 0.0667. The molecule has 0 unspecified atom stereocenters. The maximum Gasteiger partial charge on any atom is 0.273 e. The Hall–Kier alpha value is -3.16. The van der Waals surface area contributed by atoms with Crippen LogP contribution >= 0.6 is 0 Å². The summed E-state index contributed by atoms with van der Waals surface area (Å²) < 4.78 is 26.5. The van der Waals surface area contributed by atoms with Crippen molar-refractivity contribution in [1.29, 1.82) is 0 Å². The lowest BCUT2D eigenvalue weighted by Gasteiger charge is -2.05. The van der Waals surface area contributed by atoms with Gasteiger partial charge in [-0.05, 0) is 13.0 Å². The van der Waals surface area contributed by atoms with Crippen LogP contribution in [0.25, 0.3) is 22.3 Å². The van der Waals surface area contributed by atoms with Crippen LogP contribution in [0.15, 0.2) is 35.1 Å². The number of nitrogens with zero attached hydrogens (tertiary/aromatic N) is 2. The molecule has 2 aromatic carbocycles. The number of aryl methyl sites for hydroxylation is 1. The Morgan fingerprint density at radius 3 is 2.57 bits per heavy atom. The van der Waals surface area contributed by atoms with Crippen LogP contribution in [0.5, 0.6) is 0 Å². The lowest BCUT2D eigenvalue weighted by molar-refractivity contribution is -0.385. The number of fused-ring (bicyclic) bond motifs is 1. The van der Waals surface area contributed by atoms with Gasteiger partial charge in [-0.3, -0.25) is 14.9 Å². The summed E-state index contributed by atoms with van der Waals surface area (Å²) >= 11 is 0. The molecule has 3 aromatic rings. The Morgan fingerprint density at radius 2 is 1.87 bits per heavy atom. The lowest BCUT2D eigenvalue weighted by Crippen LogP contribution is -2.10. The highest BCUT2D eigenvalue weighted by Gasteiger charge is 2.15. The monoisotopic (exact) mass is 317 g/mol. The minimum absolute atomic E-state index is 0.0362. The number of hydrogen-bond donors (Lipinski definition) is 1. The van der Waals surface area contributed by atoms with Gasteiger partial charge in [0.05, 0.1) is 15.8 Å². The van der Waals surface area contributed by atoms with Crippen LogP contribution in [-0.4, -0.2) is 14.9 Å². The van der Waals surface area contributed by atoms with E-state index in [0.717, 1.165) is 12.1 Å². The molecule has 6 nitrogen and oxygen atoms in total. The molecule has 0 aliphatic rings. The molecule has 0 saturated carbocycles. The van der Waals surface area contributed by atoms with Crippen LogP contribution < -0.4 is 5.56 Å². The fourth-order valence-electron chi connectivity index (χ4n) is 2.22. The Labute approximate surface area is 127 Å². The summed E-state index contributed by atoms with van der Waals surface area (Å²) in [5, 5.41) is 10.9. The standard InChI is InChI=1S/C15H9F2N3O3/c1-7-2-3-8(4-13(7)20(22)23)14-18-12-6-11(17)10(16)5-9(12)15(21)19-14/h2-6H,1H3,(H,18,19,21). The van der Waals surface area contributed by atoms with E-state index in [1.807, 2.05) is 0 Å². The maximum absolute atomic E-state index is 13.3. The van der Waals surface area contributed by atoms with E-state index >= 15 is 0 Å². The van der Waals surface area contributed by atoms with Crippen molar-refractivity contribution < 1.29 is 13.7 Å². The molecular formula is C15H9F2N3O3. The van der Waals surface area contributed by atoms with E-state index in [-0.39, 0.29) is 22.4 Å². The summed E-state index contributed by atoms with van der Waals surface area (Å²) in [5.74, 6) is -2.24. The average molecular weight is 317 g/mol. The minimum Gasteiger partial charge on any atom is -0.306 e. The molecule has 0 saturated heterocycles. The molecule has 0 amide bonds. The number of nitrogens with one attached hydrogen (secondary N) is 1. The summed E-state index contributed by atoms with van der Waals surface area (Å²) in [6.45, 7) is 1.58. The van der Waals surface area contributed by atoms with E-state index in [0.29, 0.717) is 11.1 Å². The number of halogens is 2. The van der Waals surface area contributed by atoms with Crippen LogP contribution in [0, 0.1) is 28.7 Å². The first kappa shape index (κ1) is 14.8. The predicted octanol–water partition coefficient (Wildman–Crippen LogP) is 3.08. The third-order valence-electron chi connectivity index (χ3n) is 3.43. The highest BCUT2D eigenvalue weighted by atomic mass is 19.2. The minimum atomic E-state index is -1.15. The van der Waals surface area contributed by atoms with Gasteiger partial charge < -0.3 is 4.98 Å². The van der Waals surface area contributed by atoms with Crippen LogP contribution in [0.4, 0.5) is 14.5 Å². The Morgan fingerprint density at radius 1 is 1.17 bits per heavy atom. The quantitative estimate of drug-likeness (QED) is 0.581. The number of rotatable bonds is 2. The number of nitro benzene ring substituents is 1. The number of hydrogen-bond acceptors (Lipinski definition) is 4. The largest absolute Gasteiger partial charge is 0.306 e. The number of aromatic nitrogens is 2. The lowest BCUT2D eigenvalue weighted by atomic mass is 10.1. The van der Waals surface area contributed by atoms with Crippen molar-refractivity contribution in [3.05, 3.63) is 68.0 Å². The number of H-pyrrole nitrogens is 1. The molecule has 0 aliphatic carbocycles. The smallest absolute Gasteiger partial charge is 0.273 e. The molecule has 23 heavy (non-hydrogen) atoms. The molecule has 3 rings (SSSR count). The van der Waals surface area contributed by atoms with E-state index < -0.39 is 22.1 Å². The van der Waals surface area contributed by atoms with Crippen molar-refractivity contribution in [2.45, 2.75) is 6.92 Å². The van der Waals surface area contributed by atoms with Crippen molar-refractivity contribution in [1.82, 2.24) is 9.97 Å². The highest BCUT2D eigenvalue weighted by Crippen LogP contribution is 2.25. The molecular weight excluding hydrogens is 308 g/mol. The molecule has 0 bridgehead atoms. The average Bonchev–Trinajstić information content (AvgIpc) is 2.49. The second kappa shape index (κ2) is 5.24. The third kappa shape index (κ3) is 2.54. The fourth-order valence-corrected chi connectivity index (χ4v) is 2.22. The van der Waals surface area contributed by atoms with Gasteiger partial charge in [-0.2, -0.15) is 0 Å². The van der Waals surface area contributed by atoms with Gasteiger partial charge >= 0.3 is 0 Å². The van der Waals surface area contributed by atoms with Crippen molar-refractivity contribution in [3.63, 3.8) is 0 Å². The molecule has 8 heteroatoms. The van der Waals surface area contributed by atoms with Crippen LogP contribution in [0.2, 0.25) is 0 Å². The van der Waals surface area contributed by atoms with Crippen molar-refractivity contribution in [2.75, 3.05) is 0 Å². The first-order valence-electron chi connectivity index (χ1n) is 6.51. The third-order valence-corrected chi connectivity index (χ3v) is 3.43. The number of nitro groups is 1. The molecule has 1 aromatic heterocycles. The van der Waals surface area contributed by atoms with Gasteiger partial charge in [0, 0.05) is 23.3 Å². The highest BCUT2D eigenvalue weighted by molar-refractivity contribution is 5.79. The van der Waals surface area contributed by atoms with Gasteiger partial charge in [0.25, 0.3) is 11.2 Å². The number of aromatic amines is 1. The first-order valence-corrected chi connectivity index (χ1v) is 6.51. The van der Waals surface area contributed by atoms with E-state index in [1.54, 1.807) is 13.0 Å². The molecule has 1 N–H and O–H groups in total. The molecule has 116 valence electrons. The summed E-state index contributed by atoms with van der Waals surface area (Å²) in [7, 11) is 0. The summed E-state index contributed by atoms with van der Waals surface area (Å²) in [6.07, 6.45) is 0. The van der Waals surface area contributed by atoms with E-state index in [1.165, 1.54) is 12.1 Å². The Balaban J connectivity index is 2.25. The van der Waals surface area contributed by atoms with Crippen molar-refractivity contribution in [3.8, 4) is 11.4 Å². The normalized spacial score (nSPS) is 10.9. The maximum atomic E-state index is 13.3. The Bertz CT molecular complexity index is 1010. The molecule has 0 radical (unpaired) electrons. The van der Waals surface area contributed by atoms with Crippen LogP contribution in [0.3, 0.4) is 0 Å². The first-order chi connectivity index (χ1) is 10.9. The zero-order valence-corrected chi connectivity index (χ0v) is 11.8. The van der Waals surface area contributed by atoms with Crippen LogP contribution in [-0.2, 0) is 0 Å². The summed E-state index contributed by atoms with van der Waals surface area (Å²) in [4.78, 5) is 28.9. The zero-order chi connectivity index (χ0) is 16.7. The summed E-state index contributed by atoms with van der Waals surface area (Å²) in [6, 6.07) is 5.90. The van der Waals surface area contributed by atoms with Crippen LogP contribution in [0.1, 0.15) is 5.56 Å². The van der Waals surface area contributed by atoms with Gasteiger partial charge in [-0.1, -0.05) is 12.1 Å². The molecule has 0 atom stereocenters. The van der Waals surface area contributed by atoms with Gasteiger partial charge in [-0.15, -0.1) is 0 Å². The molecule has 0 aliphatic heterocycles. The second-order valence-electron chi connectivity index (χ2n) is 4.96.